The second kappa shape index (κ2) is 7.15. The summed E-state index contributed by atoms with van der Waals surface area (Å²) in [5.74, 6) is -1.32. The number of hydrogen-bond acceptors (Lipinski definition) is 6. The number of anilines is 1. The van der Waals surface area contributed by atoms with Crippen LogP contribution >= 0.6 is 11.6 Å². The number of aryl methyl sites for hydroxylation is 1. The topological polar surface area (TPSA) is 107 Å². The summed E-state index contributed by atoms with van der Waals surface area (Å²) >= 11 is 5.79. The molecule has 1 heterocycles. The van der Waals surface area contributed by atoms with Crippen LogP contribution in [-0.2, 0) is 16.1 Å². The lowest BCUT2D eigenvalue weighted by Crippen LogP contribution is -2.35. The highest BCUT2D eigenvalue weighted by Gasteiger charge is 2.24. The van der Waals surface area contributed by atoms with Gasteiger partial charge in [-0.1, -0.05) is 28.9 Å². The molecule has 1 aromatic heterocycles. The Morgan fingerprint density at radius 2 is 2.04 bits per heavy atom. The fourth-order valence-corrected chi connectivity index (χ4v) is 1.97. The SMILES string of the molecule is Cc1noc(N)c1C(=O)O[C@@H](C)C(=O)NCc1ccc(Cl)cc1. The third-order valence-electron chi connectivity index (χ3n) is 3.13. The van der Waals surface area contributed by atoms with Crippen molar-refractivity contribution in [3.05, 3.63) is 46.1 Å². The highest BCUT2D eigenvalue weighted by Crippen LogP contribution is 2.17. The first-order chi connectivity index (χ1) is 10.9. The second-order valence-electron chi connectivity index (χ2n) is 4.90. The van der Waals surface area contributed by atoms with Gasteiger partial charge in [-0.25, -0.2) is 4.79 Å². The molecule has 0 aliphatic rings. The monoisotopic (exact) mass is 337 g/mol. The molecule has 7 nitrogen and oxygen atoms in total. The average Bonchev–Trinajstić information content (AvgIpc) is 2.85. The molecule has 23 heavy (non-hydrogen) atoms. The number of nitrogens with one attached hydrogen (secondary N) is 1. The van der Waals surface area contributed by atoms with Gasteiger partial charge in [-0.3, -0.25) is 4.79 Å². The molecule has 0 aliphatic heterocycles. The van der Waals surface area contributed by atoms with Crippen LogP contribution in [0, 0.1) is 6.92 Å². The Labute approximate surface area is 137 Å². The zero-order valence-corrected chi connectivity index (χ0v) is 13.4. The Kier molecular flexibility index (Phi) is 5.23. The van der Waals surface area contributed by atoms with Gasteiger partial charge in [0.15, 0.2) is 6.10 Å². The van der Waals surface area contributed by atoms with Crippen LogP contribution in [0.2, 0.25) is 5.02 Å². The molecule has 0 aliphatic carbocycles. The molecule has 3 N–H and O–H groups in total. The zero-order valence-electron chi connectivity index (χ0n) is 12.6. The maximum Gasteiger partial charge on any atom is 0.346 e. The summed E-state index contributed by atoms with van der Waals surface area (Å²) in [7, 11) is 0. The Morgan fingerprint density at radius 3 is 2.61 bits per heavy atom. The molecule has 8 heteroatoms. The number of nitrogens with zero attached hydrogens (tertiary/aromatic N) is 1. The smallest absolute Gasteiger partial charge is 0.346 e. The molecular formula is C15H16ClN3O4. The molecule has 1 amide bonds. The summed E-state index contributed by atoms with van der Waals surface area (Å²) < 4.78 is 9.76. The summed E-state index contributed by atoms with van der Waals surface area (Å²) in [5, 5.41) is 6.84. The van der Waals surface area contributed by atoms with E-state index in [0.717, 1.165) is 5.56 Å². The van der Waals surface area contributed by atoms with E-state index < -0.39 is 18.0 Å². The van der Waals surface area contributed by atoms with E-state index in [9.17, 15) is 9.59 Å². The van der Waals surface area contributed by atoms with Crippen molar-refractivity contribution in [2.24, 2.45) is 0 Å². The predicted molar refractivity (Wildman–Crippen MR) is 83.8 cm³/mol. The number of hydrogen-bond donors (Lipinski definition) is 2. The van der Waals surface area contributed by atoms with E-state index in [2.05, 4.69) is 15.0 Å². The molecule has 0 unspecified atom stereocenters. The van der Waals surface area contributed by atoms with Crippen LogP contribution in [-0.4, -0.2) is 23.1 Å². The van der Waals surface area contributed by atoms with Crippen LogP contribution in [0.25, 0.3) is 0 Å². The normalized spacial score (nSPS) is 11.8. The number of carbonyl (C=O) groups is 2. The number of halogens is 1. The number of nitrogen functional groups attached to an aromatic ring is 1. The molecule has 0 spiro atoms. The summed E-state index contributed by atoms with van der Waals surface area (Å²) in [4.78, 5) is 24.0. The molecule has 1 atom stereocenters. The lowest BCUT2D eigenvalue weighted by Gasteiger charge is -2.13. The minimum absolute atomic E-state index is 0.0300. The lowest BCUT2D eigenvalue weighted by atomic mass is 10.2. The number of benzene rings is 1. The number of nitrogens with two attached hydrogens (primary N) is 1. The molecule has 0 bridgehead atoms. The van der Waals surface area contributed by atoms with Crippen LogP contribution in [0.3, 0.4) is 0 Å². The number of esters is 1. The third-order valence-corrected chi connectivity index (χ3v) is 3.38. The van der Waals surface area contributed by atoms with Gasteiger partial charge in [0.25, 0.3) is 5.91 Å². The molecule has 2 rings (SSSR count). The predicted octanol–water partition coefficient (Wildman–Crippen LogP) is 2.08. The molecule has 0 radical (unpaired) electrons. The second-order valence-corrected chi connectivity index (χ2v) is 5.34. The quantitative estimate of drug-likeness (QED) is 0.809. The minimum Gasteiger partial charge on any atom is -0.449 e. The first-order valence-corrected chi connectivity index (χ1v) is 7.21. The van der Waals surface area contributed by atoms with Gasteiger partial charge in [-0.15, -0.1) is 0 Å². The van der Waals surface area contributed by atoms with Gasteiger partial charge in [0.05, 0.1) is 5.69 Å². The number of aromatic nitrogens is 1. The number of carbonyl (C=O) groups excluding carboxylic acids is 2. The van der Waals surface area contributed by atoms with Gasteiger partial charge in [-0.05, 0) is 31.5 Å². The van der Waals surface area contributed by atoms with E-state index in [1.165, 1.54) is 6.92 Å². The summed E-state index contributed by atoms with van der Waals surface area (Å²) in [6.45, 7) is 3.32. The van der Waals surface area contributed by atoms with E-state index in [1.807, 2.05) is 0 Å². The van der Waals surface area contributed by atoms with Crippen molar-refractivity contribution >= 4 is 29.4 Å². The standard InChI is InChI=1S/C15H16ClN3O4/c1-8-12(13(17)23-19-8)15(21)22-9(2)14(20)18-7-10-3-5-11(16)6-4-10/h3-6,9H,7,17H2,1-2H3,(H,18,20)/t9-/m0/s1. The summed E-state index contributed by atoms with van der Waals surface area (Å²) in [5.41, 5.74) is 6.71. The molecule has 0 fully saturated rings. The summed E-state index contributed by atoms with van der Waals surface area (Å²) in [6, 6.07) is 7.04. The maximum atomic E-state index is 12.0. The molecule has 1 aromatic carbocycles. The van der Waals surface area contributed by atoms with Gasteiger partial charge in [0.1, 0.15) is 5.56 Å². The van der Waals surface area contributed by atoms with Crippen LogP contribution in [0.5, 0.6) is 0 Å². The first-order valence-electron chi connectivity index (χ1n) is 6.83. The number of amides is 1. The van der Waals surface area contributed by atoms with Gasteiger partial charge in [0.2, 0.25) is 5.88 Å². The Balaban J connectivity index is 1.90. The number of rotatable bonds is 5. The van der Waals surface area contributed by atoms with Crippen molar-refractivity contribution < 1.29 is 18.8 Å². The van der Waals surface area contributed by atoms with E-state index >= 15 is 0 Å². The van der Waals surface area contributed by atoms with Crippen LogP contribution in [0.1, 0.15) is 28.5 Å². The lowest BCUT2D eigenvalue weighted by molar-refractivity contribution is -0.129. The van der Waals surface area contributed by atoms with Crippen molar-refractivity contribution in [1.29, 1.82) is 0 Å². The van der Waals surface area contributed by atoms with Crippen LogP contribution < -0.4 is 11.1 Å². The van der Waals surface area contributed by atoms with Gasteiger partial charge in [-0.2, -0.15) is 0 Å². The Bertz CT molecular complexity index is 693. The molecule has 2 aromatic rings. The average molecular weight is 338 g/mol. The largest absolute Gasteiger partial charge is 0.449 e. The van der Waals surface area contributed by atoms with E-state index in [4.69, 9.17) is 22.1 Å². The van der Waals surface area contributed by atoms with Gasteiger partial charge < -0.3 is 20.3 Å². The van der Waals surface area contributed by atoms with Crippen molar-refractivity contribution in [2.45, 2.75) is 26.5 Å². The zero-order chi connectivity index (χ0) is 17.0. The van der Waals surface area contributed by atoms with Crippen molar-refractivity contribution in [1.82, 2.24) is 10.5 Å². The van der Waals surface area contributed by atoms with E-state index in [1.54, 1.807) is 31.2 Å². The van der Waals surface area contributed by atoms with Crippen molar-refractivity contribution in [3.63, 3.8) is 0 Å². The highest BCUT2D eigenvalue weighted by atomic mass is 35.5. The molecule has 122 valence electrons. The minimum atomic E-state index is -0.983. The Hall–Kier alpha value is -2.54. The fourth-order valence-electron chi connectivity index (χ4n) is 1.84. The number of ether oxygens (including phenoxy) is 1. The summed E-state index contributed by atoms with van der Waals surface area (Å²) in [6.07, 6.45) is -0.983. The van der Waals surface area contributed by atoms with Crippen LogP contribution in [0.15, 0.2) is 28.8 Å². The van der Waals surface area contributed by atoms with Crippen LogP contribution in [0.4, 0.5) is 5.88 Å². The van der Waals surface area contributed by atoms with Crippen molar-refractivity contribution in [2.75, 3.05) is 5.73 Å². The first kappa shape index (κ1) is 16.8. The third kappa shape index (κ3) is 4.23. The molecule has 0 saturated heterocycles. The molecular weight excluding hydrogens is 322 g/mol. The highest BCUT2D eigenvalue weighted by molar-refractivity contribution is 6.30. The Morgan fingerprint density at radius 1 is 1.39 bits per heavy atom. The van der Waals surface area contributed by atoms with E-state index in [0.29, 0.717) is 17.3 Å². The fraction of sp³-hybridized carbons (Fsp3) is 0.267. The van der Waals surface area contributed by atoms with Gasteiger partial charge >= 0.3 is 5.97 Å². The van der Waals surface area contributed by atoms with E-state index in [-0.39, 0.29) is 11.4 Å². The molecule has 0 saturated carbocycles. The van der Waals surface area contributed by atoms with Crippen molar-refractivity contribution in [3.8, 4) is 0 Å². The van der Waals surface area contributed by atoms with Gasteiger partial charge in [0, 0.05) is 11.6 Å². The maximum absolute atomic E-state index is 12.0.